The molecule has 0 radical (unpaired) electrons. The van der Waals surface area contributed by atoms with Gasteiger partial charge in [-0.2, -0.15) is 0 Å². The molecular formula is C11H17NO5. The summed E-state index contributed by atoms with van der Waals surface area (Å²) < 4.78 is 15.5. The maximum atomic E-state index is 10.5. The Morgan fingerprint density at radius 1 is 1.47 bits per heavy atom. The van der Waals surface area contributed by atoms with E-state index in [9.17, 15) is 4.79 Å². The van der Waals surface area contributed by atoms with Crippen LogP contribution in [-0.2, 0) is 16.1 Å². The number of ether oxygens (including phenoxy) is 2. The van der Waals surface area contributed by atoms with Crippen LogP contribution in [0.2, 0.25) is 0 Å². The van der Waals surface area contributed by atoms with E-state index < -0.39 is 5.97 Å². The Morgan fingerprint density at radius 2 is 2.18 bits per heavy atom. The summed E-state index contributed by atoms with van der Waals surface area (Å²) in [4.78, 5) is 10.5. The second-order valence-corrected chi connectivity index (χ2v) is 4.50. The molecule has 17 heavy (non-hydrogen) atoms. The first kappa shape index (κ1) is 13.7. The molecule has 0 spiro atoms. The molecule has 0 bridgehead atoms. The lowest BCUT2D eigenvalue weighted by Crippen LogP contribution is -2.21. The normalized spacial score (nSPS) is 11.7. The summed E-state index contributed by atoms with van der Waals surface area (Å²) in [5.74, 6) is -0.728. The molecule has 96 valence electrons. The van der Waals surface area contributed by atoms with Gasteiger partial charge < -0.3 is 19.1 Å². The first-order valence-corrected chi connectivity index (χ1v) is 5.29. The number of nitrogens with zero attached hydrogens (tertiary/aromatic N) is 1. The maximum Gasteiger partial charge on any atom is 0.358 e. The second kappa shape index (κ2) is 5.79. The number of hydrogen-bond donors (Lipinski definition) is 1. The minimum absolute atomic E-state index is 0.116. The summed E-state index contributed by atoms with van der Waals surface area (Å²) in [7, 11) is 0. The van der Waals surface area contributed by atoms with Gasteiger partial charge in [-0.15, -0.1) is 0 Å². The van der Waals surface area contributed by atoms with Crippen molar-refractivity contribution in [1.82, 2.24) is 5.16 Å². The standard InChI is InChI=1S/C11H17NO5/c1-11(2,3)16-5-4-15-7-8-6-9(10(13)14)12-17-8/h6H,4-5,7H2,1-3H3,(H,13,14). The van der Waals surface area contributed by atoms with Gasteiger partial charge in [-0.05, 0) is 20.8 Å². The van der Waals surface area contributed by atoms with E-state index in [4.69, 9.17) is 19.1 Å². The molecule has 6 nitrogen and oxygen atoms in total. The zero-order valence-electron chi connectivity index (χ0n) is 10.2. The summed E-state index contributed by atoms with van der Waals surface area (Å²) in [5.41, 5.74) is -0.305. The third-order valence-corrected chi connectivity index (χ3v) is 1.79. The number of carboxylic acid groups (broad SMARTS) is 1. The van der Waals surface area contributed by atoms with Crippen molar-refractivity contribution in [3.8, 4) is 0 Å². The number of carboxylic acids is 1. The van der Waals surface area contributed by atoms with Crippen molar-refractivity contribution in [3.63, 3.8) is 0 Å². The van der Waals surface area contributed by atoms with Gasteiger partial charge in [-0.3, -0.25) is 0 Å². The van der Waals surface area contributed by atoms with Crippen molar-refractivity contribution < 1.29 is 23.9 Å². The van der Waals surface area contributed by atoms with E-state index in [-0.39, 0.29) is 17.9 Å². The van der Waals surface area contributed by atoms with Gasteiger partial charge in [0.25, 0.3) is 0 Å². The summed E-state index contributed by atoms with van der Waals surface area (Å²) in [6.45, 7) is 6.96. The predicted octanol–water partition coefficient (Wildman–Crippen LogP) is 1.70. The van der Waals surface area contributed by atoms with Crippen LogP contribution in [0.5, 0.6) is 0 Å². The summed E-state index contributed by atoms with van der Waals surface area (Å²) >= 11 is 0. The molecule has 0 aliphatic heterocycles. The molecule has 1 aromatic rings. The quantitative estimate of drug-likeness (QED) is 0.766. The fourth-order valence-corrected chi connectivity index (χ4v) is 1.06. The lowest BCUT2D eigenvalue weighted by molar-refractivity contribution is -0.0398. The largest absolute Gasteiger partial charge is 0.476 e. The van der Waals surface area contributed by atoms with Crippen molar-refractivity contribution in [2.75, 3.05) is 13.2 Å². The van der Waals surface area contributed by atoms with E-state index in [0.29, 0.717) is 19.0 Å². The van der Waals surface area contributed by atoms with Gasteiger partial charge in [0.2, 0.25) is 0 Å². The van der Waals surface area contributed by atoms with Crippen LogP contribution in [0.1, 0.15) is 37.0 Å². The topological polar surface area (TPSA) is 81.8 Å². The van der Waals surface area contributed by atoms with Gasteiger partial charge >= 0.3 is 5.97 Å². The highest BCUT2D eigenvalue weighted by Gasteiger charge is 2.11. The zero-order chi connectivity index (χ0) is 12.9. The Kier molecular flexibility index (Phi) is 4.65. The molecule has 1 aromatic heterocycles. The molecule has 1 rings (SSSR count). The van der Waals surface area contributed by atoms with Crippen LogP contribution in [0, 0.1) is 0 Å². The van der Waals surface area contributed by atoms with Crippen LogP contribution in [-0.4, -0.2) is 35.0 Å². The van der Waals surface area contributed by atoms with E-state index in [0.717, 1.165) is 0 Å². The Morgan fingerprint density at radius 3 is 2.71 bits per heavy atom. The fourth-order valence-electron chi connectivity index (χ4n) is 1.06. The van der Waals surface area contributed by atoms with Crippen molar-refractivity contribution in [2.24, 2.45) is 0 Å². The first-order valence-electron chi connectivity index (χ1n) is 5.29. The molecule has 1 heterocycles. The van der Waals surface area contributed by atoms with Gasteiger partial charge in [-0.25, -0.2) is 4.79 Å². The highest BCUT2D eigenvalue weighted by molar-refractivity contribution is 5.85. The molecule has 0 saturated heterocycles. The van der Waals surface area contributed by atoms with Gasteiger partial charge in [0.15, 0.2) is 11.5 Å². The fraction of sp³-hybridized carbons (Fsp3) is 0.636. The molecule has 0 fully saturated rings. The smallest absolute Gasteiger partial charge is 0.358 e. The lowest BCUT2D eigenvalue weighted by Gasteiger charge is -2.19. The van der Waals surface area contributed by atoms with Crippen molar-refractivity contribution >= 4 is 5.97 Å². The van der Waals surface area contributed by atoms with Crippen molar-refractivity contribution in [1.29, 1.82) is 0 Å². The van der Waals surface area contributed by atoms with Crippen LogP contribution in [0.25, 0.3) is 0 Å². The number of aromatic nitrogens is 1. The van der Waals surface area contributed by atoms with Crippen LogP contribution >= 0.6 is 0 Å². The van der Waals surface area contributed by atoms with Gasteiger partial charge in [0, 0.05) is 6.07 Å². The number of aromatic carboxylic acids is 1. The highest BCUT2D eigenvalue weighted by Crippen LogP contribution is 2.07. The predicted molar refractivity (Wildman–Crippen MR) is 58.8 cm³/mol. The monoisotopic (exact) mass is 243 g/mol. The molecule has 0 aromatic carbocycles. The second-order valence-electron chi connectivity index (χ2n) is 4.50. The first-order chi connectivity index (χ1) is 7.88. The molecular weight excluding hydrogens is 226 g/mol. The van der Waals surface area contributed by atoms with E-state index in [2.05, 4.69) is 5.16 Å². The van der Waals surface area contributed by atoms with Gasteiger partial charge in [0.1, 0.15) is 6.61 Å². The Bertz CT molecular complexity index is 366. The van der Waals surface area contributed by atoms with E-state index in [1.165, 1.54) is 6.07 Å². The van der Waals surface area contributed by atoms with E-state index in [1.54, 1.807) is 0 Å². The van der Waals surface area contributed by atoms with Crippen LogP contribution in [0.3, 0.4) is 0 Å². The van der Waals surface area contributed by atoms with Crippen LogP contribution < -0.4 is 0 Å². The minimum Gasteiger partial charge on any atom is -0.476 e. The third kappa shape index (κ3) is 5.46. The molecule has 6 heteroatoms. The number of carbonyl (C=O) groups is 1. The zero-order valence-corrected chi connectivity index (χ0v) is 10.2. The highest BCUT2D eigenvalue weighted by atomic mass is 16.5. The number of hydrogen-bond acceptors (Lipinski definition) is 5. The average molecular weight is 243 g/mol. The van der Waals surface area contributed by atoms with Crippen molar-refractivity contribution in [2.45, 2.75) is 33.0 Å². The van der Waals surface area contributed by atoms with Crippen LogP contribution in [0.15, 0.2) is 10.6 Å². The summed E-state index contributed by atoms with van der Waals surface area (Å²) in [6, 6.07) is 1.34. The molecule has 1 N–H and O–H groups in total. The van der Waals surface area contributed by atoms with Gasteiger partial charge in [0.05, 0.1) is 18.8 Å². The Labute approximate surface area is 99.5 Å². The Hall–Kier alpha value is -1.40. The van der Waals surface area contributed by atoms with Crippen molar-refractivity contribution in [3.05, 3.63) is 17.5 Å². The average Bonchev–Trinajstić information content (AvgIpc) is 2.64. The summed E-state index contributed by atoms with van der Waals surface area (Å²) in [5, 5.41) is 12.0. The van der Waals surface area contributed by atoms with E-state index in [1.807, 2.05) is 20.8 Å². The number of rotatable bonds is 6. The molecule has 0 unspecified atom stereocenters. The minimum atomic E-state index is -1.11. The lowest BCUT2D eigenvalue weighted by atomic mass is 10.2. The summed E-state index contributed by atoms with van der Waals surface area (Å²) in [6.07, 6.45) is 0. The molecule has 0 atom stereocenters. The van der Waals surface area contributed by atoms with E-state index >= 15 is 0 Å². The molecule has 0 saturated carbocycles. The van der Waals surface area contributed by atoms with Gasteiger partial charge in [-0.1, -0.05) is 5.16 Å². The Balaban J connectivity index is 2.20. The SMILES string of the molecule is CC(C)(C)OCCOCc1cc(C(=O)O)no1. The molecule has 0 aliphatic carbocycles. The third-order valence-electron chi connectivity index (χ3n) is 1.79. The van der Waals surface area contributed by atoms with Crippen LogP contribution in [0.4, 0.5) is 0 Å². The maximum absolute atomic E-state index is 10.5. The molecule has 0 aliphatic rings. The molecule has 0 amide bonds.